The monoisotopic (exact) mass is 471 g/mol. The van der Waals surface area contributed by atoms with Crippen molar-refractivity contribution in [2.45, 2.75) is 25.7 Å². The number of halogens is 1. The second-order valence-electron chi connectivity index (χ2n) is 8.49. The number of rotatable bonds is 7. The van der Waals surface area contributed by atoms with Crippen molar-refractivity contribution in [2.24, 2.45) is 5.92 Å². The molecular weight excluding hydrogens is 441 g/mol. The van der Waals surface area contributed by atoms with Gasteiger partial charge in [-0.15, -0.1) is 0 Å². The summed E-state index contributed by atoms with van der Waals surface area (Å²) in [5.41, 5.74) is 1.79. The van der Waals surface area contributed by atoms with Gasteiger partial charge in [0.2, 0.25) is 17.6 Å². The minimum Gasteiger partial charge on any atom is -0.493 e. The van der Waals surface area contributed by atoms with Crippen LogP contribution in [0.25, 0.3) is 0 Å². The molecule has 0 saturated carbocycles. The van der Waals surface area contributed by atoms with E-state index in [1.807, 2.05) is 0 Å². The van der Waals surface area contributed by atoms with Crippen molar-refractivity contribution in [1.29, 1.82) is 0 Å². The molecule has 1 N–H and O–H groups in total. The van der Waals surface area contributed by atoms with E-state index in [1.165, 1.54) is 44.8 Å². The number of hydrogen-bond acceptors (Lipinski definition) is 6. The third-order valence-corrected chi connectivity index (χ3v) is 6.37. The van der Waals surface area contributed by atoms with Gasteiger partial charge in [-0.1, -0.05) is 0 Å². The van der Waals surface area contributed by atoms with Gasteiger partial charge in [0.1, 0.15) is 5.82 Å². The molecule has 0 aliphatic carbocycles. The van der Waals surface area contributed by atoms with E-state index < -0.39 is 11.7 Å². The maximum absolute atomic E-state index is 14.0. The fourth-order valence-electron chi connectivity index (χ4n) is 4.61. The Kier molecular flexibility index (Phi) is 7.09. The number of amides is 2. The zero-order valence-electron chi connectivity index (χ0n) is 19.7. The second kappa shape index (κ2) is 10.2. The van der Waals surface area contributed by atoms with Crippen LogP contribution in [0.5, 0.6) is 17.2 Å². The molecule has 182 valence electrons. The molecule has 2 fully saturated rings. The molecular formula is C25H30FN3O5. The number of anilines is 3. The zero-order chi connectivity index (χ0) is 24.2. The van der Waals surface area contributed by atoms with Crippen LogP contribution < -0.4 is 29.3 Å². The molecule has 2 aromatic rings. The summed E-state index contributed by atoms with van der Waals surface area (Å²) in [7, 11) is 4.51. The molecule has 8 nitrogen and oxygen atoms in total. The molecule has 1 unspecified atom stereocenters. The summed E-state index contributed by atoms with van der Waals surface area (Å²) in [5, 5.41) is 2.88. The third kappa shape index (κ3) is 4.73. The number of benzene rings is 2. The molecule has 2 aliphatic rings. The summed E-state index contributed by atoms with van der Waals surface area (Å²) >= 11 is 0. The van der Waals surface area contributed by atoms with Crippen LogP contribution in [0.2, 0.25) is 0 Å². The summed E-state index contributed by atoms with van der Waals surface area (Å²) in [6, 6.07) is 7.82. The quantitative estimate of drug-likeness (QED) is 0.661. The van der Waals surface area contributed by atoms with Crippen LogP contribution >= 0.6 is 0 Å². The van der Waals surface area contributed by atoms with Crippen LogP contribution in [0, 0.1) is 11.7 Å². The molecule has 0 spiro atoms. The van der Waals surface area contributed by atoms with E-state index in [0.29, 0.717) is 28.6 Å². The first-order valence-corrected chi connectivity index (χ1v) is 11.4. The lowest BCUT2D eigenvalue weighted by Crippen LogP contribution is -2.32. The predicted molar refractivity (Wildman–Crippen MR) is 128 cm³/mol. The highest BCUT2D eigenvalue weighted by Crippen LogP contribution is 2.42. The number of nitrogens with zero attached hydrogens (tertiary/aromatic N) is 2. The van der Waals surface area contributed by atoms with E-state index in [-0.39, 0.29) is 24.8 Å². The van der Waals surface area contributed by atoms with Crippen molar-refractivity contribution in [3.05, 3.63) is 36.1 Å². The Morgan fingerprint density at radius 2 is 1.68 bits per heavy atom. The Bertz CT molecular complexity index is 1050. The van der Waals surface area contributed by atoms with Crippen LogP contribution in [-0.4, -0.2) is 52.8 Å². The van der Waals surface area contributed by atoms with Gasteiger partial charge in [-0.2, -0.15) is 0 Å². The predicted octanol–water partition coefficient (Wildman–Crippen LogP) is 3.83. The number of carbonyl (C=O) groups is 2. The highest BCUT2D eigenvalue weighted by Gasteiger charge is 2.36. The second-order valence-corrected chi connectivity index (χ2v) is 8.49. The van der Waals surface area contributed by atoms with Gasteiger partial charge in [0.05, 0.1) is 44.3 Å². The summed E-state index contributed by atoms with van der Waals surface area (Å²) in [4.78, 5) is 29.7. The smallest absolute Gasteiger partial charge is 0.229 e. The van der Waals surface area contributed by atoms with E-state index >= 15 is 0 Å². The fourth-order valence-corrected chi connectivity index (χ4v) is 4.61. The molecule has 0 radical (unpaired) electrons. The lowest BCUT2D eigenvalue weighted by atomic mass is 10.1. The maximum Gasteiger partial charge on any atom is 0.229 e. The van der Waals surface area contributed by atoms with E-state index in [2.05, 4.69) is 10.2 Å². The van der Waals surface area contributed by atoms with E-state index in [0.717, 1.165) is 31.6 Å². The van der Waals surface area contributed by atoms with Gasteiger partial charge < -0.3 is 29.3 Å². The summed E-state index contributed by atoms with van der Waals surface area (Å²) < 4.78 is 30.1. The molecule has 0 bridgehead atoms. The van der Waals surface area contributed by atoms with Crippen LogP contribution in [0.15, 0.2) is 30.3 Å². The lowest BCUT2D eigenvalue weighted by molar-refractivity contribution is -0.122. The number of piperidine rings is 1. The van der Waals surface area contributed by atoms with Crippen LogP contribution in [0.3, 0.4) is 0 Å². The van der Waals surface area contributed by atoms with Gasteiger partial charge in [0.25, 0.3) is 0 Å². The number of methoxy groups -OCH3 is 3. The van der Waals surface area contributed by atoms with Crippen LogP contribution in [0.4, 0.5) is 21.5 Å². The van der Waals surface area contributed by atoms with Crippen LogP contribution in [-0.2, 0) is 9.59 Å². The molecule has 2 aliphatic heterocycles. The van der Waals surface area contributed by atoms with E-state index in [1.54, 1.807) is 18.2 Å². The first kappa shape index (κ1) is 23.7. The SMILES string of the molecule is COc1cc(N2CC(C(=O)Nc3cc(F)ccc3N3CCCCC3)CC2=O)cc(OC)c1OC. The van der Waals surface area contributed by atoms with Gasteiger partial charge in [0.15, 0.2) is 11.5 Å². The lowest BCUT2D eigenvalue weighted by Gasteiger charge is -2.30. The molecule has 2 amide bonds. The maximum atomic E-state index is 14.0. The largest absolute Gasteiger partial charge is 0.493 e. The zero-order valence-corrected chi connectivity index (χ0v) is 19.7. The van der Waals surface area contributed by atoms with Crippen LogP contribution in [0.1, 0.15) is 25.7 Å². The Morgan fingerprint density at radius 3 is 2.29 bits per heavy atom. The number of carbonyl (C=O) groups excluding carboxylic acids is 2. The van der Waals surface area contributed by atoms with Crippen molar-refractivity contribution in [3.63, 3.8) is 0 Å². The molecule has 4 rings (SSSR count). The minimum atomic E-state index is -0.580. The normalized spacial score (nSPS) is 18.1. The molecule has 1 atom stereocenters. The first-order chi connectivity index (χ1) is 16.4. The number of nitrogens with one attached hydrogen (secondary N) is 1. The van der Waals surface area contributed by atoms with Gasteiger partial charge in [0, 0.05) is 38.2 Å². The van der Waals surface area contributed by atoms with Gasteiger partial charge >= 0.3 is 0 Å². The Morgan fingerprint density at radius 1 is 1.00 bits per heavy atom. The van der Waals surface area contributed by atoms with Gasteiger partial charge in [-0.25, -0.2) is 4.39 Å². The van der Waals surface area contributed by atoms with E-state index in [4.69, 9.17) is 14.2 Å². The molecule has 2 aromatic carbocycles. The Labute approximate surface area is 198 Å². The van der Waals surface area contributed by atoms with Crippen molar-refractivity contribution >= 4 is 28.9 Å². The molecule has 9 heteroatoms. The van der Waals surface area contributed by atoms with Crippen molar-refractivity contribution in [1.82, 2.24) is 0 Å². The number of hydrogen-bond donors (Lipinski definition) is 1. The average molecular weight is 472 g/mol. The van der Waals surface area contributed by atoms with Crippen molar-refractivity contribution < 1.29 is 28.2 Å². The summed E-state index contributed by atoms with van der Waals surface area (Å²) in [5.74, 6) is -0.239. The molecule has 2 saturated heterocycles. The highest BCUT2D eigenvalue weighted by atomic mass is 19.1. The summed E-state index contributed by atoms with van der Waals surface area (Å²) in [6.45, 7) is 1.92. The summed E-state index contributed by atoms with van der Waals surface area (Å²) in [6.07, 6.45) is 3.34. The topological polar surface area (TPSA) is 80.3 Å². The van der Waals surface area contributed by atoms with Gasteiger partial charge in [-0.05, 0) is 37.5 Å². The highest BCUT2D eigenvalue weighted by molar-refractivity contribution is 6.04. The number of ether oxygens (including phenoxy) is 3. The van der Waals surface area contributed by atoms with Crippen molar-refractivity contribution in [3.8, 4) is 17.2 Å². The Balaban J connectivity index is 1.53. The van der Waals surface area contributed by atoms with Gasteiger partial charge in [-0.3, -0.25) is 9.59 Å². The molecule has 2 heterocycles. The van der Waals surface area contributed by atoms with E-state index in [9.17, 15) is 14.0 Å². The molecule has 34 heavy (non-hydrogen) atoms. The minimum absolute atomic E-state index is 0.0524. The average Bonchev–Trinajstić information content (AvgIpc) is 3.25. The third-order valence-electron chi connectivity index (χ3n) is 6.37. The Hall–Kier alpha value is -3.49. The standard InChI is InChI=1S/C25H30FN3O5/c1-32-21-13-18(14-22(33-2)24(21)34-3)29-15-16(11-23(29)30)25(31)27-19-12-17(26)7-8-20(19)28-9-5-4-6-10-28/h7-8,12-14,16H,4-6,9-11,15H2,1-3H3,(H,27,31). The van der Waals surface area contributed by atoms with Crippen molar-refractivity contribution in [2.75, 3.05) is 56.1 Å². The first-order valence-electron chi connectivity index (χ1n) is 11.4. The fraction of sp³-hybridized carbons (Fsp3) is 0.440. The molecule has 0 aromatic heterocycles.